The van der Waals surface area contributed by atoms with Crippen molar-refractivity contribution in [2.24, 2.45) is 0 Å². The van der Waals surface area contributed by atoms with Crippen LogP contribution in [0.1, 0.15) is 13.3 Å². The van der Waals surface area contributed by atoms with E-state index in [1.165, 1.54) is 6.07 Å². The van der Waals surface area contributed by atoms with Crippen molar-refractivity contribution in [3.8, 4) is 0 Å². The van der Waals surface area contributed by atoms with Gasteiger partial charge in [0.2, 0.25) is 5.91 Å². The minimum atomic E-state index is -3.71. The molecule has 1 aromatic rings. The summed E-state index contributed by atoms with van der Waals surface area (Å²) in [6, 6.07) is 1.98. The number of amides is 1. The van der Waals surface area contributed by atoms with Crippen LogP contribution in [-0.2, 0) is 19.6 Å². The highest BCUT2D eigenvalue weighted by molar-refractivity contribution is 7.91. The molecule has 0 aliphatic rings. The molecule has 7 nitrogen and oxygen atoms in total. The smallest absolute Gasteiger partial charge is 0.326 e. The lowest BCUT2D eigenvalue weighted by Gasteiger charge is -2.12. The molecular weight excluding hydrogens is 292 g/mol. The molecule has 106 valence electrons. The lowest BCUT2D eigenvalue weighted by Crippen LogP contribution is -2.45. The Balaban J connectivity index is 2.53. The van der Waals surface area contributed by atoms with Crippen LogP contribution in [0.25, 0.3) is 0 Å². The zero-order valence-electron chi connectivity index (χ0n) is 10.1. The van der Waals surface area contributed by atoms with Crippen molar-refractivity contribution in [3.05, 3.63) is 17.5 Å². The van der Waals surface area contributed by atoms with Crippen LogP contribution in [0.2, 0.25) is 0 Å². The van der Waals surface area contributed by atoms with E-state index in [4.69, 9.17) is 5.11 Å². The molecule has 1 rings (SSSR count). The molecule has 9 heteroatoms. The third-order valence-electron chi connectivity index (χ3n) is 2.22. The van der Waals surface area contributed by atoms with Crippen LogP contribution >= 0.6 is 11.3 Å². The fraction of sp³-hybridized carbons (Fsp3) is 0.400. The van der Waals surface area contributed by atoms with Crippen molar-refractivity contribution in [2.45, 2.75) is 23.6 Å². The van der Waals surface area contributed by atoms with Gasteiger partial charge in [0.05, 0.1) is 6.54 Å². The second-order valence-electron chi connectivity index (χ2n) is 3.62. The van der Waals surface area contributed by atoms with Gasteiger partial charge >= 0.3 is 5.97 Å². The number of thiophene rings is 1. The van der Waals surface area contributed by atoms with Gasteiger partial charge in [-0.25, -0.2) is 17.9 Å². The Bertz CT molecular complexity index is 538. The summed E-state index contributed by atoms with van der Waals surface area (Å²) < 4.78 is 25.6. The van der Waals surface area contributed by atoms with Crippen LogP contribution in [-0.4, -0.2) is 38.0 Å². The van der Waals surface area contributed by atoms with Gasteiger partial charge in [0.25, 0.3) is 10.0 Å². The van der Waals surface area contributed by atoms with Crippen LogP contribution in [0.4, 0.5) is 0 Å². The predicted octanol–water partition coefficient (Wildman–Crippen LogP) is 0.00580. The lowest BCUT2D eigenvalue weighted by atomic mass is 10.2. The van der Waals surface area contributed by atoms with E-state index in [0.717, 1.165) is 11.3 Å². The van der Waals surface area contributed by atoms with E-state index in [9.17, 15) is 18.0 Å². The van der Waals surface area contributed by atoms with Crippen LogP contribution < -0.4 is 10.0 Å². The molecule has 1 aromatic heterocycles. The van der Waals surface area contributed by atoms with Gasteiger partial charge in [-0.2, -0.15) is 0 Å². The molecule has 3 N–H and O–H groups in total. The number of aliphatic carboxylic acids is 1. The normalized spacial score (nSPS) is 12.9. The summed E-state index contributed by atoms with van der Waals surface area (Å²) >= 11 is 1.03. The van der Waals surface area contributed by atoms with E-state index in [-0.39, 0.29) is 10.6 Å². The van der Waals surface area contributed by atoms with Crippen LogP contribution in [0.15, 0.2) is 21.7 Å². The van der Waals surface area contributed by atoms with Crippen molar-refractivity contribution in [1.82, 2.24) is 10.0 Å². The first-order valence-corrected chi connectivity index (χ1v) is 7.78. The lowest BCUT2D eigenvalue weighted by molar-refractivity contribution is -0.141. The summed E-state index contributed by atoms with van der Waals surface area (Å²) in [5.74, 6) is -1.84. The number of carbonyl (C=O) groups excluding carboxylic acids is 1. The van der Waals surface area contributed by atoms with E-state index in [1.807, 2.05) is 0 Å². The zero-order valence-corrected chi connectivity index (χ0v) is 11.8. The van der Waals surface area contributed by atoms with Gasteiger partial charge in [0, 0.05) is 0 Å². The van der Waals surface area contributed by atoms with Gasteiger partial charge in [-0.05, 0) is 17.9 Å². The average molecular weight is 306 g/mol. The number of hydrogen-bond donors (Lipinski definition) is 3. The molecule has 0 saturated carbocycles. The summed E-state index contributed by atoms with van der Waals surface area (Å²) in [5, 5.41) is 12.6. The quantitative estimate of drug-likeness (QED) is 0.656. The highest BCUT2D eigenvalue weighted by Gasteiger charge is 2.20. The fourth-order valence-corrected chi connectivity index (χ4v) is 3.25. The molecule has 0 radical (unpaired) electrons. The standard InChI is InChI=1S/C10H14N2O5S2/c1-2-7(10(14)15)12-8(13)6-11-19(16,17)9-4-3-5-18-9/h3-5,7,11H,2,6H2,1H3,(H,12,13)(H,14,15). The third kappa shape index (κ3) is 4.62. The number of carbonyl (C=O) groups is 2. The molecule has 0 aliphatic heterocycles. The minimum Gasteiger partial charge on any atom is -0.480 e. The first kappa shape index (κ1) is 15.6. The largest absolute Gasteiger partial charge is 0.480 e. The first-order valence-electron chi connectivity index (χ1n) is 5.42. The molecule has 1 heterocycles. The third-order valence-corrected chi connectivity index (χ3v) is 5.02. The van der Waals surface area contributed by atoms with Crippen LogP contribution in [0.5, 0.6) is 0 Å². The average Bonchev–Trinajstić information content (AvgIpc) is 2.87. The topological polar surface area (TPSA) is 113 Å². The Morgan fingerprint density at radius 1 is 1.47 bits per heavy atom. The van der Waals surface area contributed by atoms with Crippen LogP contribution in [0, 0.1) is 0 Å². The maximum absolute atomic E-state index is 11.7. The Hall–Kier alpha value is -1.45. The van der Waals surface area contributed by atoms with E-state index in [0.29, 0.717) is 0 Å². The molecule has 1 atom stereocenters. The number of carboxylic acids is 1. The van der Waals surface area contributed by atoms with E-state index < -0.39 is 34.5 Å². The molecule has 1 unspecified atom stereocenters. The van der Waals surface area contributed by atoms with Gasteiger partial charge < -0.3 is 10.4 Å². The van der Waals surface area contributed by atoms with E-state index in [2.05, 4.69) is 10.0 Å². The molecule has 0 bridgehead atoms. The number of rotatable bonds is 7. The highest BCUT2D eigenvalue weighted by atomic mass is 32.2. The molecular formula is C10H14N2O5S2. The van der Waals surface area contributed by atoms with Crippen LogP contribution in [0.3, 0.4) is 0 Å². The molecule has 0 spiro atoms. The second kappa shape index (κ2) is 6.64. The predicted molar refractivity (Wildman–Crippen MR) is 69.4 cm³/mol. The maximum Gasteiger partial charge on any atom is 0.326 e. The monoisotopic (exact) mass is 306 g/mol. The Morgan fingerprint density at radius 3 is 2.63 bits per heavy atom. The summed E-state index contributed by atoms with van der Waals surface area (Å²) in [5.41, 5.74) is 0. The Kier molecular flexibility index (Phi) is 5.45. The number of nitrogens with one attached hydrogen (secondary N) is 2. The fourth-order valence-electron chi connectivity index (χ4n) is 1.23. The van der Waals surface area contributed by atoms with Gasteiger partial charge in [-0.3, -0.25) is 4.79 Å². The van der Waals surface area contributed by atoms with Gasteiger partial charge in [-0.15, -0.1) is 11.3 Å². The SMILES string of the molecule is CCC(NC(=O)CNS(=O)(=O)c1cccs1)C(=O)O. The number of carboxylic acid groups (broad SMARTS) is 1. The van der Waals surface area contributed by atoms with Gasteiger partial charge in [-0.1, -0.05) is 13.0 Å². The van der Waals surface area contributed by atoms with Crippen molar-refractivity contribution >= 4 is 33.2 Å². The first-order chi connectivity index (χ1) is 8.86. The number of sulfonamides is 1. The van der Waals surface area contributed by atoms with Crippen molar-refractivity contribution in [3.63, 3.8) is 0 Å². The minimum absolute atomic E-state index is 0.102. The molecule has 19 heavy (non-hydrogen) atoms. The van der Waals surface area contributed by atoms with E-state index in [1.54, 1.807) is 18.4 Å². The van der Waals surface area contributed by atoms with Gasteiger partial charge in [0.1, 0.15) is 10.3 Å². The highest BCUT2D eigenvalue weighted by Crippen LogP contribution is 2.14. The molecule has 0 fully saturated rings. The van der Waals surface area contributed by atoms with E-state index >= 15 is 0 Å². The molecule has 0 saturated heterocycles. The summed E-state index contributed by atoms with van der Waals surface area (Å²) in [6.07, 6.45) is 0.221. The maximum atomic E-state index is 11.7. The van der Waals surface area contributed by atoms with Gasteiger partial charge in [0.15, 0.2) is 0 Å². The molecule has 0 aliphatic carbocycles. The summed E-state index contributed by atoms with van der Waals surface area (Å²) in [7, 11) is -3.71. The van der Waals surface area contributed by atoms with Crippen molar-refractivity contribution in [1.29, 1.82) is 0 Å². The Labute approximate surface area is 114 Å². The second-order valence-corrected chi connectivity index (χ2v) is 6.56. The summed E-state index contributed by atoms with van der Waals surface area (Å²) in [4.78, 5) is 22.1. The van der Waals surface area contributed by atoms with Crippen molar-refractivity contribution in [2.75, 3.05) is 6.54 Å². The Morgan fingerprint density at radius 2 is 2.16 bits per heavy atom. The molecule has 0 aromatic carbocycles. The summed E-state index contributed by atoms with van der Waals surface area (Å²) in [6.45, 7) is 1.11. The van der Waals surface area contributed by atoms with Crippen molar-refractivity contribution < 1.29 is 23.1 Å². The number of hydrogen-bond acceptors (Lipinski definition) is 5. The zero-order chi connectivity index (χ0) is 14.5. The molecule has 1 amide bonds.